The summed E-state index contributed by atoms with van der Waals surface area (Å²) in [6.07, 6.45) is -0.133. The van der Waals surface area contributed by atoms with Gasteiger partial charge in [-0.25, -0.2) is 4.39 Å². The Morgan fingerprint density at radius 3 is 2.48 bits per heavy atom. The Balaban J connectivity index is 1.30. The summed E-state index contributed by atoms with van der Waals surface area (Å²) in [5, 5.41) is 18.1. The number of amides is 4. The van der Waals surface area contributed by atoms with Crippen molar-refractivity contribution in [3.05, 3.63) is 114 Å². The summed E-state index contributed by atoms with van der Waals surface area (Å²) in [6.45, 7) is 1.88. The zero-order valence-electron chi connectivity index (χ0n) is 28.8. The van der Waals surface area contributed by atoms with Crippen LogP contribution in [0.4, 0.5) is 4.39 Å². The monoisotopic (exact) mass is 712 g/mol. The molecule has 3 atom stereocenters. The van der Waals surface area contributed by atoms with Gasteiger partial charge in [0, 0.05) is 26.0 Å². The van der Waals surface area contributed by atoms with Crippen LogP contribution < -0.4 is 30.2 Å². The minimum Gasteiger partial charge on any atom is -0.508 e. The molecule has 4 N–H and O–H groups in total. The number of phenolic OH excluding ortho intramolecular Hbond substituents is 1. The number of carbonyl (C=O) groups excluding carboxylic acids is 4. The first-order chi connectivity index (χ1) is 25.0. The first kappa shape index (κ1) is 37.2. The van der Waals surface area contributed by atoms with Crippen LogP contribution in [0, 0.1) is 5.82 Å². The van der Waals surface area contributed by atoms with E-state index < -0.39 is 41.7 Å². The fourth-order valence-corrected chi connectivity index (χ4v) is 5.46. The molecule has 0 saturated carbocycles. The largest absolute Gasteiger partial charge is 0.508 e. The smallest absolute Gasteiger partial charge is 0.255 e. The molecule has 0 aliphatic carbocycles. The number of halogens is 1. The molecule has 272 valence electrons. The van der Waals surface area contributed by atoms with Gasteiger partial charge in [0.1, 0.15) is 48.4 Å². The van der Waals surface area contributed by atoms with E-state index in [9.17, 15) is 28.7 Å². The van der Waals surface area contributed by atoms with Gasteiger partial charge in [0.05, 0.1) is 18.2 Å². The van der Waals surface area contributed by atoms with Gasteiger partial charge in [0.2, 0.25) is 17.7 Å². The Morgan fingerprint density at radius 2 is 1.71 bits per heavy atom. The molecule has 0 unspecified atom stereocenters. The molecular formula is C39H41FN4O8. The van der Waals surface area contributed by atoms with Crippen molar-refractivity contribution < 1.29 is 42.9 Å². The second kappa shape index (κ2) is 17.7. The number of nitrogens with zero attached hydrogens (tertiary/aromatic N) is 1. The van der Waals surface area contributed by atoms with Gasteiger partial charge in [0.15, 0.2) is 11.5 Å². The Hall–Kier alpha value is -6.11. The normalized spacial score (nSPS) is 17.6. The molecule has 0 saturated heterocycles. The molecule has 4 amide bonds. The fraction of sp³-hybridized carbons (Fsp3) is 0.282. The van der Waals surface area contributed by atoms with Gasteiger partial charge in [0.25, 0.3) is 5.91 Å². The molecule has 0 radical (unpaired) electrons. The fourth-order valence-electron chi connectivity index (χ4n) is 5.46. The molecule has 1 aliphatic heterocycles. The lowest BCUT2D eigenvalue weighted by atomic mass is 10.0. The van der Waals surface area contributed by atoms with Crippen molar-refractivity contribution in [2.45, 2.75) is 44.3 Å². The number of nitrogens with one attached hydrogen (secondary N) is 3. The van der Waals surface area contributed by atoms with Crippen molar-refractivity contribution in [3.63, 3.8) is 0 Å². The summed E-state index contributed by atoms with van der Waals surface area (Å²) < 4.78 is 31.7. The number of ether oxygens (including phenoxy) is 3. The van der Waals surface area contributed by atoms with Crippen LogP contribution in [-0.2, 0) is 20.8 Å². The highest BCUT2D eigenvalue weighted by Gasteiger charge is 2.29. The number of benzene rings is 4. The van der Waals surface area contributed by atoms with Gasteiger partial charge in [-0.15, -0.1) is 0 Å². The molecule has 1 heterocycles. The summed E-state index contributed by atoms with van der Waals surface area (Å²) in [5.41, 5.74) is 0.894. The zero-order chi connectivity index (χ0) is 37.0. The molecule has 52 heavy (non-hydrogen) atoms. The topological polar surface area (TPSA) is 156 Å². The maximum absolute atomic E-state index is 14.1. The Morgan fingerprint density at radius 1 is 0.981 bits per heavy atom. The van der Waals surface area contributed by atoms with E-state index in [1.165, 1.54) is 35.2 Å². The van der Waals surface area contributed by atoms with Gasteiger partial charge in [-0.3, -0.25) is 19.2 Å². The lowest BCUT2D eigenvalue weighted by Crippen LogP contribution is -2.51. The summed E-state index contributed by atoms with van der Waals surface area (Å²) in [6, 6.07) is 22.8. The quantitative estimate of drug-likeness (QED) is 0.200. The second-order valence-corrected chi connectivity index (χ2v) is 12.4. The molecule has 0 spiro atoms. The number of carbonyl (C=O) groups is 4. The van der Waals surface area contributed by atoms with Crippen LogP contribution in [0.3, 0.4) is 0 Å². The summed E-state index contributed by atoms with van der Waals surface area (Å²) in [5.74, 6) is -1.30. The molecule has 0 aromatic heterocycles. The Bertz CT molecular complexity index is 1860. The minimum absolute atomic E-state index is 0.0328. The highest BCUT2D eigenvalue weighted by Crippen LogP contribution is 2.32. The van der Waals surface area contributed by atoms with E-state index in [0.717, 1.165) is 0 Å². The molecule has 0 fully saturated rings. The predicted molar refractivity (Wildman–Crippen MR) is 190 cm³/mol. The van der Waals surface area contributed by atoms with Crippen molar-refractivity contribution in [1.82, 2.24) is 20.9 Å². The Kier molecular flexibility index (Phi) is 12.6. The molecule has 4 aromatic carbocycles. The standard InChI is InChI=1S/C39H41FN4O8/c1-25(24-51-34-18-14-27(40)23-35(34)52-29-8-4-3-5-9-29)41-38(48)31-17-19-36(46)42-32(22-26-12-15-28(45)16-13-26)39(49)44(2)20-21-50-33-11-7-6-10-30(33)37(47)43-31/h3-16,18,23,25,31-32,45H,17,19-22,24H2,1-2H3,(H,41,48)(H,42,46)(H,43,47)/t25-,31+,32+/m1/s1. The van der Waals surface area contributed by atoms with Crippen LogP contribution in [0.25, 0.3) is 0 Å². The number of hydrogen-bond donors (Lipinski definition) is 4. The molecule has 0 bridgehead atoms. The lowest BCUT2D eigenvalue weighted by Gasteiger charge is -2.25. The third-order valence-electron chi connectivity index (χ3n) is 8.24. The maximum Gasteiger partial charge on any atom is 0.255 e. The number of rotatable bonds is 9. The van der Waals surface area contributed by atoms with Crippen LogP contribution in [0.2, 0.25) is 0 Å². The van der Waals surface area contributed by atoms with E-state index in [0.29, 0.717) is 11.3 Å². The average molecular weight is 713 g/mol. The van der Waals surface area contributed by atoms with Gasteiger partial charge in [-0.2, -0.15) is 0 Å². The lowest BCUT2D eigenvalue weighted by molar-refractivity contribution is -0.135. The molecular weight excluding hydrogens is 671 g/mol. The third kappa shape index (κ3) is 10.5. The number of hydrogen-bond acceptors (Lipinski definition) is 8. The number of phenols is 1. The second-order valence-electron chi connectivity index (χ2n) is 12.4. The van der Waals surface area contributed by atoms with E-state index >= 15 is 0 Å². The van der Waals surface area contributed by atoms with E-state index in [1.54, 1.807) is 74.6 Å². The van der Waals surface area contributed by atoms with Crippen LogP contribution in [-0.4, -0.2) is 78.6 Å². The van der Waals surface area contributed by atoms with Crippen molar-refractivity contribution in [3.8, 4) is 28.7 Å². The van der Waals surface area contributed by atoms with Gasteiger partial charge in [-0.1, -0.05) is 42.5 Å². The van der Waals surface area contributed by atoms with Crippen LogP contribution >= 0.6 is 0 Å². The van der Waals surface area contributed by atoms with Crippen molar-refractivity contribution in [1.29, 1.82) is 0 Å². The van der Waals surface area contributed by atoms with Gasteiger partial charge >= 0.3 is 0 Å². The number of fused-ring (bicyclic) bond motifs is 1. The average Bonchev–Trinajstić information content (AvgIpc) is 3.13. The van der Waals surface area contributed by atoms with Gasteiger partial charge < -0.3 is 40.2 Å². The van der Waals surface area contributed by atoms with Crippen LogP contribution in [0.1, 0.15) is 35.7 Å². The maximum atomic E-state index is 14.1. The molecule has 12 nitrogen and oxygen atoms in total. The van der Waals surface area contributed by atoms with Gasteiger partial charge in [-0.05, 0) is 67.4 Å². The zero-order valence-corrected chi connectivity index (χ0v) is 28.8. The van der Waals surface area contributed by atoms with E-state index in [2.05, 4.69) is 16.0 Å². The van der Waals surface area contributed by atoms with Crippen LogP contribution in [0.5, 0.6) is 28.7 Å². The SMILES string of the molecule is C[C@H](COc1ccc(F)cc1Oc1ccccc1)NC(=O)[C@@H]1CCC(=O)N[C@@H](Cc2ccc(O)cc2)C(=O)N(C)CCOc2ccccc2C(=O)N1. The molecule has 1 aliphatic rings. The molecule has 13 heteroatoms. The van der Waals surface area contributed by atoms with Crippen LogP contribution in [0.15, 0.2) is 97.1 Å². The van der Waals surface area contributed by atoms with E-state index in [4.69, 9.17) is 14.2 Å². The van der Waals surface area contributed by atoms with E-state index in [1.807, 2.05) is 6.07 Å². The third-order valence-corrected chi connectivity index (χ3v) is 8.24. The number of aromatic hydroxyl groups is 1. The summed E-state index contributed by atoms with van der Waals surface area (Å²) in [7, 11) is 1.59. The first-order valence-electron chi connectivity index (χ1n) is 16.9. The molecule has 5 rings (SSSR count). The Labute approximate surface area is 300 Å². The van der Waals surface area contributed by atoms with Crippen molar-refractivity contribution in [2.75, 3.05) is 26.8 Å². The van der Waals surface area contributed by atoms with E-state index in [-0.39, 0.29) is 73.5 Å². The first-order valence-corrected chi connectivity index (χ1v) is 16.9. The summed E-state index contributed by atoms with van der Waals surface area (Å²) in [4.78, 5) is 55.4. The molecule has 4 aromatic rings. The predicted octanol–water partition coefficient (Wildman–Crippen LogP) is 4.36. The highest BCUT2D eigenvalue weighted by atomic mass is 19.1. The number of para-hydroxylation sites is 2. The van der Waals surface area contributed by atoms with Crippen molar-refractivity contribution >= 4 is 23.6 Å². The highest BCUT2D eigenvalue weighted by molar-refractivity contribution is 6.00. The minimum atomic E-state index is -1.16. The number of likely N-dealkylation sites (N-methyl/N-ethyl adjacent to an activating group) is 1. The summed E-state index contributed by atoms with van der Waals surface area (Å²) >= 11 is 0. The van der Waals surface area contributed by atoms with Crippen molar-refractivity contribution in [2.24, 2.45) is 0 Å².